The van der Waals surface area contributed by atoms with E-state index in [1.807, 2.05) is 18.2 Å². The first kappa shape index (κ1) is 14.0. The zero-order chi connectivity index (χ0) is 13.7. The maximum Gasteiger partial charge on any atom is 0.145 e. The van der Waals surface area contributed by atoms with Crippen molar-refractivity contribution >= 4 is 5.69 Å². The van der Waals surface area contributed by atoms with Crippen LogP contribution in [0.15, 0.2) is 18.2 Å². The summed E-state index contributed by atoms with van der Waals surface area (Å²) in [5.74, 6) is 1.49. The van der Waals surface area contributed by atoms with Gasteiger partial charge in [0.05, 0.1) is 19.4 Å². The number of hydrogen-bond acceptors (Lipinski definition) is 4. The minimum absolute atomic E-state index is 0.640. The molecule has 0 unspecified atom stereocenters. The quantitative estimate of drug-likeness (QED) is 0.633. The largest absolute Gasteiger partial charge is 0.494 e. The van der Waals surface area contributed by atoms with Crippen molar-refractivity contribution in [3.8, 4) is 11.5 Å². The smallest absolute Gasteiger partial charge is 0.145 e. The lowest BCUT2D eigenvalue weighted by Gasteiger charge is -2.20. The van der Waals surface area contributed by atoms with Crippen molar-refractivity contribution < 1.29 is 9.47 Å². The van der Waals surface area contributed by atoms with Gasteiger partial charge in [0.15, 0.2) is 0 Å². The van der Waals surface area contributed by atoms with E-state index in [1.165, 1.54) is 19.4 Å². The summed E-state index contributed by atoms with van der Waals surface area (Å²) < 4.78 is 10.9. The Kier molecular flexibility index (Phi) is 4.91. The Balaban J connectivity index is 1.73. The molecule has 1 atom stereocenters. The molecule has 4 heteroatoms. The van der Waals surface area contributed by atoms with E-state index in [0.717, 1.165) is 31.4 Å². The van der Waals surface area contributed by atoms with Gasteiger partial charge < -0.3 is 20.1 Å². The Hall–Kier alpha value is -1.42. The number of hydrogen-bond donors (Lipinski definition) is 1. The van der Waals surface area contributed by atoms with Crippen molar-refractivity contribution in [3.05, 3.63) is 18.2 Å². The topological polar surface area (TPSA) is 47.7 Å². The first-order valence-corrected chi connectivity index (χ1v) is 7.01. The second-order valence-corrected chi connectivity index (χ2v) is 5.13. The van der Waals surface area contributed by atoms with E-state index in [1.54, 1.807) is 7.11 Å². The third kappa shape index (κ3) is 3.77. The summed E-state index contributed by atoms with van der Waals surface area (Å²) in [7, 11) is 1.62. The third-order valence-corrected chi connectivity index (χ3v) is 3.75. The summed E-state index contributed by atoms with van der Waals surface area (Å²) in [6.07, 6.45) is 3.71. The van der Waals surface area contributed by atoms with Crippen LogP contribution in [0.5, 0.6) is 11.5 Å². The number of benzene rings is 1. The molecule has 0 saturated carbocycles. The van der Waals surface area contributed by atoms with Crippen LogP contribution in [0.25, 0.3) is 0 Å². The van der Waals surface area contributed by atoms with Crippen molar-refractivity contribution in [2.75, 3.05) is 32.5 Å². The molecule has 0 amide bonds. The van der Waals surface area contributed by atoms with E-state index in [-0.39, 0.29) is 0 Å². The number of nitrogens with two attached hydrogens (primary N) is 1. The molecule has 106 valence electrons. The molecule has 0 radical (unpaired) electrons. The first-order chi connectivity index (χ1) is 9.20. The van der Waals surface area contributed by atoms with Gasteiger partial charge in [0.1, 0.15) is 11.5 Å². The first-order valence-electron chi connectivity index (χ1n) is 7.01. The fraction of sp³-hybridized carbons (Fsp3) is 0.600. The van der Waals surface area contributed by atoms with Gasteiger partial charge in [0.2, 0.25) is 0 Å². The van der Waals surface area contributed by atoms with E-state index >= 15 is 0 Å². The van der Waals surface area contributed by atoms with Crippen LogP contribution >= 0.6 is 0 Å². The number of ether oxygens (including phenoxy) is 2. The molecule has 2 N–H and O–H groups in total. The Bertz CT molecular complexity index is 409. The monoisotopic (exact) mass is 264 g/mol. The minimum Gasteiger partial charge on any atom is -0.494 e. The van der Waals surface area contributed by atoms with Gasteiger partial charge in [0, 0.05) is 18.7 Å². The third-order valence-electron chi connectivity index (χ3n) is 3.75. The number of methoxy groups -OCH3 is 1. The highest BCUT2D eigenvalue weighted by molar-refractivity contribution is 5.55. The summed E-state index contributed by atoms with van der Waals surface area (Å²) in [6.45, 7) is 5.39. The molecule has 19 heavy (non-hydrogen) atoms. The highest BCUT2D eigenvalue weighted by Crippen LogP contribution is 2.26. The van der Waals surface area contributed by atoms with E-state index in [9.17, 15) is 0 Å². The lowest BCUT2D eigenvalue weighted by molar-refractivity contribution is 0.230. The van der Waals surface area contributed by atoms with Crippen molar-refractivity contribution in [2.24, 2.45) is 0 Å². The molecule has 0 bridgehead atoms. The SMILES string of the molecule is COc1cc(OCCCN2CCC[C@@H]2C)ccc1N. The minimum atomic E-state index is 0.640. The van der Waals surface area contributed by atoms with Crippen LogP contribution in [0.4, 0.5) is 5.69 Å². The zero-order valence-corrected chi connectivity index (χ0v) is 11.9. The maximum absolute atomic E-state index is 5.77. The van der Waals surface area contributed by atoms with Gasteiger partial charge in [-0.2, -0.15) is 0 Å². The van der Waals surface area contributed by atoms with Crippen molar-refractivity contribution in [1.29, 1.82) is 0 Å². The van der Waals surface area contributed by atoms with E-state index in [2.05, 4.69) is 11.8 Å². The highest BCUT2D eigenvalue weighted by atomic mass is 16.5. The molecule has 0 aliphatic carbocycles. The van der Waals surface area contributed by atoms with Crippen LogP contribution in [0.3, 0.4) is 0 Å². The normalized spacial score (nSPS) is 19.6. The molecule has 4 nitrogen and oxygen atoms in total. The zero-order valence-electron chi connectivity index (χ0n) is 11.9. The van der Waals surface area contributed by atoms with Gasteiger partial charge in [-0.3, -0.25) is 0 Å². The molecule has 2 rings (SSSR count). The van der Waals surface area contributed by atoms with Gasteiger partial charge in [-0.25, -0.2) is 0 Å². The van der Waals surface area contributed by atoms with E-state index in [4.69, 9.17) is 15.2 Å². The van der Waals surface area contributed by atoms with Gasteiger partial charge in [-0.1, -0.05) is 0 Å². The number of nitrogens with zero attached hydrogens (tertiary/aromatic N) is 1. The fourth-order valence-corrected chi connectivity index (χ4v) is 2.56. The second-order valence-electron chi connectivity index (χ2n) is 5.13. The van der Waals surface area contributed by atoms with Crippen LogP contribution in [0.1, 0.15) is 26.2 Å². The average molecular weight is 264 g/mol. The van der Waals surface area contributed by atoms with Crippen LogP contribution in [-0.4, -0.2) is 37.7 Å². The van der Waals surface area contributed by atoms with Crippen LogP contribution in [-0.2, 0) is 0 Å². The van der Waals surface area contributed by atoms with Crippen LogP contribution in [0.2, 0.25) is 0 Å². The Morgan fingerprint density at radius 1 is 1.42 bits per heavy atom. The van der Waals surface area contributed by atoms with E-state index in [0.29, 0.717) is 11.4 Å². The second kappa shape index (κ2) is 6.66. The Morgan fingerprint density at radius 2 is 2.26 bits per heavy atom. The molecule has 1 heterocycles. The molecule has 1 aliphatic rings. The number of anilines is 1. The summed E-state index contributed by atoms with van der Waals surface area (Å²) in [4.78, 5) is 2.53. The van der Waals surface area contributed by atoms with E-state index < -0.39 is 0 Å². The van der Waals surface area contributed by atoms with Crippen molar-refractivity contribution in [3.63, 3.8) is 0 Å². The van der Waals surface area contributed by atoms with Gasteiger partial charge in [-0.15, -0.1) is 0 Å². The molecular weight excluding hydrogens is 240 g/mol. The Labute approximate surface area is 115 Å². The molecular formula is C15H24N2O2. The Morgan fingerprint density at radius 3 is 2.95 bits per heavy atom. The van der Waals surface area contributed by atoms with Crippen molar-refractivity contribution in [1.82, 2.24) is 4.90 Å². The molecule has 0 spiro atoms. The summed E-state index contributed by atoms with van der Waals surface area (Å²) in [5.41, 5.74) is 6.41. The molecule has 1 fully saturated rings. The van der Waals surface area contributed by atoms with Crippen LogP contribution in [0, 0.1) is 0 Å². The van der Waals surface area contributed by atoms with Crippen LogP contribution < -0.4 is 15.2 Å². The summed E-state index contributed by atoms with van der Waals surface area (Å²) >= 11 is 0. The standard InChI is InChI=1S/C15H24N2O2/c1-12-5-3-8-17(12)9-4-10-19-13-6-7-14(16)15(11-13)18-2/h6-7,11-12H,3-5,8-10,16H2,1-2H3/t12-/m0/s1. The number of rotatable bonds is 6. The predicted octanol–water partition coefficient (Wildman–Crippen LogP) is 2.53. The maximum atomic E-state index is 5.77. The number of likely N-dealkylation sites (tertiary alicyclic amines) is 1. The fourth-order valence-electron chi connectivity index (χ4n) is 2.56. The van der Waals surface area contributed by atoms with Gasteiger partial charge >= 0.3 is 0 Å². The highest BCUT2D eigenvalue weighted by Gasteiger charge is 2.19. The van der Waals surface area contributed by atoms with Crippen molar-refractivity contribution in [2.45, 2.75) is 32.2 Å². The predicted molar refractivity (Wildman–Crippen MR) is 77.8 cm³/mol. The molecule has 1 aliphatic heterocycles. The lowest BCUT2D eigenvalue weighted by Crippen LogP contribution is -2.28. The van der Waals surface area contributed by atoms with Gasteiger partial charge in [-0.05, 0) is 44.9 Å². The molecule has 0 aromatic heterocycles. The average Bonchev–Trinajstić information content (AvgIpc) is 2.82. The van der Waals surface area contributed by atoms with Gasteiger partial charge in [0.25, 0.3) is 0 Å². The summed E-state index contributed by atoms with van der Waals surface area (Å²) in [5, 5.41) is 0. The molecule has 1 aromatic rings. The molecule has 1 aromatic carbocycles. The lowest BCUT2D eigenvalue weighted by atomic mass is 10.2. The number of nitrogen functional groups attached to an aromatic ring is 1. The molecule has 1 saturated heterocycles. The summed E-state index contributed by atoms with van der Waals surface area (Å²) in [6, 6.07) is 6.28.